The molecular weight excluding hydrogens is 482 g/mol. The van der Waals surface area contributed by atoms with Crippen LogP contribution in [-0.4, -0.2) is 42.1 Å². The normalized spacial score (nSPS) is 20.3. The summed E-state index contributed by atoms with van der Waals surface area (Å²) in [6, 6.07) is 3.77. The van der Waals surface area contributed by atoms with Gasteiger partial charge >= 0.3 is 6.61 Å². The first-order chi connectivity index (χ1) is 14.8. The van der Waals surface area contributed by atoms with Crippen LogP contribution in [0.2, 0.25) is 0 Å². The van der Waals surface area contributed by atoms with E-state index in [1.165, 1.54) is 12.3 Å². The molecule has 1 unspecified atom stereocenters. The van der Waals surface area contributed by atoms with Gasteiger partial charge in [0.1, 0.15) is 5.75 Å². The molecule has 10 heteroatoms. The van der Waals surface area contributed by atoms with Crippen LogP contribution in [0.1, 0.15) is 49.4 Å². The van der Waals surface area contributed by atoms with E-state index >= 15 is 0 Å². The van der Waals surface area contributed by atoms with Gasteiger partial charge < -0.3 is 15.4 Å². The minimum absolute atomic E-state index is 0.0245. The summed E-state index contributed by atoms with van der Waals surface area (Å²) in [6.45, 7) is -1.22. The highest BCUT2D eigenvalue weighted by molar-refractivity contribution is 9.10. The number of benzene rings is 1. The molecule has 1 saturated carbocycles. The number of carbonyl (C=O) groups excluding carboxylic acids is 1. The van der Waals surface area contributed by atoms with E-state index in [1.807, 2.05) is 0 Å². The first-order valence-corrected chi connectivity index (χ1v) is 10.9. The molecule has 1 aromatic heterocycles. The van der Waals surface area contributed by atoms with Gasteiger partial charge in [-0.1, -0.05) is 6.92 Å². The average molecular weight is 506 g/mol. The Labute approximate surface area is 186 Å². The van der Waals surface area contributed by atoms with E-state index in [4.69, 9.17) is 0 Å². The van der Waals surface area contributed by atoms with Crippen LogP contribution in [0.25, 0.3) is 10.9 Å². The topological polar surface area (TPSA) is 63.2 Å². The number of alkyl halides is 4. The van der Waals surface area contributed by atoms with Crippen molar-refractivity contribution < 1.29 is 27.1 Å². The lowest BCUT2D eigenvalue weighted by atomic mass is 9.90. The maximum absolute atomic E-state index is 12.9. The first-order valence-electron chi connectivity index (χ1n) is 10.2. The van der Waals surface area contributed by atoms with E-state index in [0.717, 1.165) is 0 Å². The molecule has 0 bridgehead atoms. The van der Waals surface area contributed by atoms with Crippen molar-refractivity contribution in [2.45, 2.75) is 70.2 Å². The van der Waals surface area contributed by atoms with Crippen LogP contribution in [0.3, 0.4) is 0 Å². The number of carbonyl (C=O) groups is 1. The van der Waals surface area contributed by atoms with Crippen LogP contribution in [0.4, 0.5) is 17.6 Å². The minimum atomic E-state index is -2.95. The van der Waals surface area contributed by atoms with Crippen LogP contribution in [0, 0.1) is 0 Å². The summed E-state index contributed by atoms with van der Waals surface area (Å²) in [5.74, 6) is -0.316. The quantitative estimate of drug-likeness (QED) is 0.479. The lowest BCUT2D eigenvalue weighted by Crippen LogP contribution is -2.47. The SMILES string of the molecule is CCC(NC1CCC(NC(=O)c2cnc3cc(OC(F)F)c(Br)cc3c2)CC1)C(F)F. The third-order valence-electron chi connectivity index (χ3n) is 5.47. The van der Waals surface area contributed by atoms with E-state index in [2.05, 4.69) is 36.3 Å². The summed E-state index contributed by atoms with van der Waals surface area (Å²) < 4.78 is 55.6. The van der Waals surface area contributed by atoms with E-state index in [-0.39, 0.29) is 23.7 Å². The van der Waals surface area contributed by atoms with Crippen LogP contribution in [0.15, 0.2) is 28.9 Å². The van der Waals surface area contributed by atoms with Crippen LogP contribution in [0.5, 0.6) is 5.75 Å². The molecule has 1 aromatic carbocycles. The van der Waals surface area contributed by atoms with Gasteiger partial charge in [0.05, 0.1) is 21.6 Å². The smallest absolute Gasteiger partial charge is 0.387 e. The van der Waals surface area contributed by atoms with Crippen molar-refractivity contribution >= 4 is 32.7 Å². The Morgan fingerprint density at radius 3 is 2.45 bits per heavy atom. The minimum Gasteiger partial charge on any atom is -0.434 e. The standard InChI is InChI=1S/C21H24BrF4N3O2/c1-2-16(19(23)24)28-13-3-5-14(6-4-13)29-20(30)12-7-11-8-15(22)18(31-21(25)26)9-17(11)27-10-12/h7-10,13-14,16,19,21,28H,2-6H2,1H3,(H,29,30). The molecule has 0 aliphatic heterocycles. The van der Waals surface area contributed by atoms with Crippen LogP contribution < -0.4 is 15.4 Å². The molecule has 31 heavy (non-hydrogen) atoms. The number of amides is 1. The number of fused-ring (bicyclic) bond motifs is 1. The Morgan fingerprint density at radius 2 is 1.84 bits per heavy atom. The highest BCUT2D eigenvalue weighted by atomic mass is 79.9. The second-order valence-electron chi connectivity index (χ2n) is 7.62. The fourth-order valence-electron chi connectivity index (χ4n) is 3.78. The summed E-state index contributed by atoms with van der Waals surface area (Å²) in [6.07, 6.45) is 2.19. The number of aromatic nitrogens is 1. The first kappa shape index (κ1) is 23.7. The zero-order valence-electron chi connectivity index (χ0n) is 16.9. The van der Waals surface area contributed by atoms with E-state index in [9.17, 15) is 22.4 Å². The fourth-order valence-corrected chi connectivity index (χ4v) is 4.24. The van der Waals surface area contributed by atoms with Gasteiger partial charge in [0.2, 0.25) is 0 Å². The zero-order chi connectivity index (χ0) is 22.5. The molecule has 0 radical (unpaired) electrons. The largest absolute Gasteiger partial charge is 0.434 e. The number of pyridine rings is 1. The summed E-state index contributed by atoms with van der Waals surface area (Å²) in [7, 11) is 0. The maximum atomic E-state index is 12.9. The number of halogens is 5. The number of hydrogen-bond donors (Lipinski definition) is 2. The molecule has 1 fully saturated rings. The Morgan fingerprint density at radius 1 is 1.16 bits per heavy atom. The van der Waals surface area contributed by atoms with E-state index in [1.54, 1.807) is 19.1 Å². The van der Waals surface area contributed by atoms with Crippen molar-refractivity contribution in [2.24, 2.45) is 0 Å². The predicted molar refractivity (Wildman–Crippen MR) is 113 cm³/mol. The highest BCUT2D eigenvalue weighted by Crippen LogP contribution is 2.31. The molecule has 1 amide bonds. The monoisotopic (exact) mass is 505 g/mol. The van der Waals surface area contributed by atoms with Crippen molar-refractivity contribution in [1.82, 2.24) is 15.6 Å². The second kappa shape index (κ2) is 10.6. The van der Waals surface area contributed by atoms with Gasteiger partial charge in [-0.25, -0.2) is 8.78 Å². The summed E-state index contributed by atoms with van der Waals surface area (Å²) in [5.41, 5.74) is 0.775. The van der Waals surface area contributed by atoms with Gasteiger partial charge in [-0.15, -0.1) is 0 Å². The average Bonchev–Trinajstić information content (AvgIpc) is 2.72. The Hall–Kier alpha value is -1.94. The fraction of sp³-hybridized carbons (Fsp3) is 0.524. The number of nitrogens with zero attached hydrogens (tertiary/aromatic N) is 1. The molecule has 3 rings (SSSR count). The zero-order valence-corrected chi connectivity index (χ0v) is 18.5. The third kappa shape index (κ3) is 6.29. The van der Waals surface area contributed by atoms with Crippen molar-refractivity contribution in [3.05, 3.63) is 34.4 Å². The molecular formula is C21H24BrF4N3O2. The van der Waals surface area contributed by atoms with Crippen molar-refractivity contribution in [1.29, 1.82) is 0 Å². The Kier molecular flexibility index (Phi) is 8.10. The summed E-state index contributed by atoms with van der Waals surface area (Å²) >= 11 is 3.18. The van der Waals surface area contributed by atoms with E-state index < -0.39 is 19.1 Å². The molecule has 1 aliphatic carbocycles. The second-order valence-corrected chi connectivity index (χ2v) is 8.47. The molecule has 5 nitrogen and oxygen atoms in total. The Bertz CT molecular complexity index is 908. The molecule has 1 atom stereocenters. The van der Waals surface area contributed by atoms with E-state index in [0.29, 0.717) is 53.0 Å². The number of rotatable bonds is 8. The maximum Gasteiger partial charge on any atom is 0.387 e. The lowest BCUT2D eigenvalue weighted by Gasteiger charge is -2.32. The molecule has 2 N–H and O–H groups in total. The molecule has 0 spiro atoms. The number of hydrogen-bond acceptors (Lipinski definition) is 4. The molecule has 2 aromatic rings. The number of nitrogens with one attached hydrogen (secondary N) is 2. The molecule has 0 saturated heterocycles. The third-order valence-corrected chi connectivity index (χ3v) is 6.09. The van der Waals surface area contributed by atoms with Gasteiger partial charge in [0.25, 0.3) is 12.3 Å². The van der Waals surface area contributed by atoms with Crippen molar-refractivity contribution in [3.8, 4) is 5.75 Å². The predicted octanol–water partition coefficient (Wildman–Crippen LogP) is 5.27. The van der Waals surface area contributed by atoms with Gasteiger partial charge in [-0.3, -0.25) is 9.78 Å². The van der Waals surface area contributed by atoms with Crippen molar-refractivity contribution in [3.63, 3.8) is 0 Å². The summed E-state index contributed by atoms with van der Waals surface area (Å²) in [5, 5.41) is 6.59. The van der Waals surface area contributed by atoms with Gasteiger partial charge in [-0.2, -0.15) is 8.78 Å². The molecule has 1 aliphatic rings. The van der Waals surface area contributed by atoms with Gasteiger partial charge in [0.15, 0.2) is 0 Å². The van der Waals surface area contributed by atoms with Gasteiger partial charge in [0, 0.05) is 29.7 Å². The molecule has 170 valence electrons. The van der Waals surface area contributed by atoms with Gasteiger partial charge in [-0.05, 0) is 60.2 Å². The number of ether oxygens (including phenoxy) is 1. The Balaban J connectivity index is 1.59. The highest BCUT2D eigenvalue weighted by Gasteiger charge is 2.27. The van der Waals surface area contributed by atoms with Crippen LogP contribution >= 0.6 is 15.9 Å². The lowest BCUT2D eigenvalue weighted by molar-refractivity contribution is -0.0502. The van der Waals surface area contributed by atoms with Crippen LogP contribution in [-0.2, 0) is 0 Å². The van der Waals surface area contributed by atoms with Crippen molar-refractivity contribution in [2.75, 3.05) is 0 Å². The molecule has 1 heterocycles. The summed E-state index contributed by atoms with van der Waals surface area (Å²) in [4.78, 5) is 16.8.